The van der Waals surface area contributed by atoms with E-state index in [0.29, 0.717) is 33.4 Å². The molecule has 3 heterocycles. The van der Waals surface area contributed by atoms with Crippen molar-refractivity contribution in [1.82, 2.24) is 9.55 Å². The lowest BCUT2D eigenvalue weighted by Gasteiger charge is -2.06. The number of carbonyl (C=O) groups excluding carboxylic acids is 1. The standard InChI is InChI=1S/C17H18N2O4S2/c1-8-10(3)25-14-13(8)15(20)19(4)17(18-14)24-7-11-6-12(9(2)23-11)16(21)22-5/h6H,7H2,1-5H3. The molecule has 3 aromatic heterocycles. The van der Waals surface area contributed by atoms with E-state index in [1.807, 2.05) is 13.8 Å². The van der Waals surface area contributed by atoms with Crippen LogP contribution in [0.2, 0.25) is 0 Å². The zero-order chi connectivity index (χ0) is 18.3. The number of thiophene rings is 1. The van der Waals surface area contributed by atoms with E-state index in [9.17, 15) is 9.59 Å². The van der Waals surface area contributed by atoms with Crippen LogP contribution in [0.25, 0.3) is 10.2 Å². The van der Waals surface area contributed by atoms with Crippen molar-refractivity contribution in [2.24, 2.45) is 7.05 Å². The summed E-state index contributed by atoms with van der Waals surface area (Å²) in [5.41, 5.74) is 1.37. The van der Waals surface area contributed by atoms with Crippen LogP contribution in [0.1, 0.15) is 32.3 Å². The van der Waals surface area contributed by atoms with Crippen LogP contribution in [-0.4, -0.2) is 22.6 Å². The summed E-state index contributed by atoms with van der Waals surface area (Å²) in [5, 5.41) is 1.31. The number of fused-ring (bicyclic) bond motifs is 1. The van der Waals surface area contributed by atoms with Gasteiger partial charge in [-0.3, -0.25) is 9.36 Å². The van der Waals surface area contributed by atoms with Gasteiger partial charge in [-0.05, 0) is 32.4 Å². The third kappa shape index (κ3) is 3.11. The van der Waals surface area contributed by atoms with Crippen molar-refractivity contribution in [3.05, 3.63) is 43.9 Å². The molecule has 0 atom stereocenters. The van der Waals surface area contributed by atoms with Gasteiger partial charge in [0.15, 0.2) is 5.16 Å². The Morgan fingerprint density at radius 2 is 2.12 bits per heavy atom. The summed E-state index contributed by atoms with van der Waals surface area (Å²) in [7, 11) is 3.06. The topological polar surface area (TPSA) is 74.3 Å². The Morgan fingerprint density at radius 3 is 2.80 bits per heavy atom. The highest BCUT2D eigenvalue weighted by atomic mass is 32.2. The van der Waals surface area contributed by atoms with Gasteiger partial charge in [0.2, 0.25) is 0 Å². The van der Waals surface area contributed by atoms with Crippen molar-refractivity contribution < 1.29 is 13.9 Å². The molecular formula is C17H18N2O4S2. The number of methoxy groups -OCH3 is 1. The number of esters is 1. The fraction of sp³-hybridized carbons (Fsp3) is 0.353. The van der Waals surface area contributed by atoms with E-state index in [2.05, 4.69) is 4.98 Å². The molecule has 0 amide bonds. The molecule has 0 spiro atoms. The summed E-state index contributed by atoms with van der Waals surface area (Å²) in [6.45, 7) is 5.66. The molecule has 0 aliphatic rings. The first-order valence-corrected chi connectivity index (χ1v) is 9.40. The van der Waals surface area contributed by atoms with E-state index < -0.39 is 5.97 Å². The van der Waals surface area contributed by atoms with Crippen molar-refractivity contribution >= 4 is 39.3 Å². The summed E-state index contributed by atoms with van der Waals surface area (Å²) in [5.74, 6) is 1.20. The van der Waals surface area contributed by atoms with Crippen LogP contribution in [0.5, 0.6) is 0 Å². The Labute approximate surface area is 152 Å². The zero-order valence-corrected chi connectivity index (χ0v) is 16.3. The number of aromatic nitrogens is 2. The van der Waals surface area contributed by atoms with E-state index in [1.54, 1.807) is 24.6 Å². The first-order chi connectivity index (χ1) is 11.8. The predicted octanol–water partition coefficient (Wildman–Crippen LogP) is 3.59. The first-order valence-electron chi connectivity index (χ1n) is 7.60. The minimum Gasteiger partial charge on any atom is -0.465 e. The van der Waals surface area contributed by atoms with Gasteiger partial charge < -0.3 is 9.15 Å². The van der Waals surface area contributed by atoms with Gasteiger partial charge in [0, 0.05) is 11.9 Å². The number of thioether (sulfide) groups is 1. The summed E-state index contributed by atoms with van der Waals surface area (Å²) < 4.78 is 11.9. The Morgan fingerprint density at radius 1 is 1.40 bits per heavy atom. The highest BCUT2D eigenvalue weighted by Gasteiger charge is 2.18. The molecule has 0 radical (unpaired) electrons. The van der Waals surface area contributed by atoms with Gasteiger partial charge in [0.25, 0.3) is 5.56 Å². The van der Waals surface area contributed by atoms with Gasteiger partial charge >= 0.3 is 5.97 Å². The van der Waals surface area contributed by atoms with Crippen LogP contribution >= 0.6 is 23.1 Å². The van der Waals surface area contributed by atoms with Crippen LogP contribution in [0, 0.1) is 20.8 Å². The number of carbonyl (C=O) groups is 1. The third-order valence-corrected chi connectivity index (χ3v) is 6.24. The molecule has 0 aliphatic carbocycles. The van der Waals surface area contributed by atoms with Crippen LogP contribution in [0.15, 0.2) is 20.4 Å². The normalized spacial score (nSPS) is 11.2. The molecule has 0 fully saturated rings. The molecule has 6 nitrogen and oxygen atoms in total. The second-order valence-electron chi connectivity index (χ2n) is 5.68. The first kappa shape index (κ1) is 17.8. The van der Waals surface area contributed by atoms with Gasteiger partial charge in [0.1, 0.15) is 21.9 Å². The van der Waals surface area contributed by atoms with Crippen molar-refractivity contribution in [2.75, 3.05) is 7.11 Å². The van der Waals surface area contributed by atoms with E-state index in [1.165, 1.54) is 30.2 Å². The molecule has 0 saturated heterocycles. The number of hydrogen-bond acceptors (Lipinski definition) is 7. The van der Waals surface area contributed by atoms with Crippen LogP contribution < -0.4 is 5.56 Å². The third-order valence-electron chi connectivity index (χ3n) is 4.09. The summed E-state index contributed by atoms with van der Waals surface area (Å²) in [4.78, 5) is 30.8. The van der Waals surface area contributed by atoms with Gasteiger partial charge in [-0.1, -0.05) is 11.8 Å². The second kappa shape index (κ2) is 6.68. The molecule has 25 heavy (non-hydrogen) atoms. The summed E-state index contributed by atoms with van der Waals surface area (Å²) in [6.07, 6.45) is 0. The van der Waals surface area contributed by atoms with Crippen molar-refractivity contribution in [3.8, 4) is 0 Å². The van der Waals surface area contributed by atoms with Gasteiger partial charge in [-0.15, -0.1) is 11.3 Å². The maximum atomic E-state index is 12.6. The fourth-order valence-corrected chi connectivity index (χ4v) is 4.47. The van der Waals surface area contributed by atoms with Gasteiger partial charge in [-0.25, -0.2) is 9.78 Å². The average Bonchev–Trinajstić information content (AvgIpc) is 3.09. The van der Waals surface area contributed by atoms with Crippen molar-refractivity contribution in [3.63, 3.8) is 0 Å². The highest BCUT2D eigenvalue weighted by molar-refractivity contribution is 7.98. The van der Waals surface area contributed by atoms with Crippen LogP contribution in [0.4, 0.5) is 0 Å². The van der Waals surface area contributed by atoms with Crippen LogP contribution in [0.3, 0.4) is 0 Å². The molecule has 3 aromatic rings. The largest absolute Gasteiger partial charge is 0.465 e. The molecule has 3 rings (SSSR count). The van der Waals surface area contributed by atoms with E-state index >= 15 is 0 Å². The van der Waals surface area contributed by atoms with Crippen molar-refractivity contribution in [2.45, 2.75) is 31.7 Å². The maximum absolute atomic E-state index is 12.6. The number of aryl methyl sites for hydroxylation is 3. The predicted molar refractivity (Wildman–Crippen MR) is 98.7 cm³/mol. The van der Waals surface area contributed by atoms with Crippen LogP contribution in [-0.2, 0) is 17.5 Å². The number of ether oxygens (including phenoxy) is 1. The second-order valence-corrected chi connectivity index (χ2v) is 7.83. The number of hydrogen-bond donors (Lipinski definition) is 0. The molecule has 0 aromatic carbocycles. The maximum Gasteiger partial charge on any atom is 0.341 e. The molecule has 0 saturated carbocycles. The molecular weight excluding hydrogens is 360 g/mol. The average molecular weight is 378 g/mol. The minimum absolute atomic E-state index is 0.0415. The smallest absolute Gasteiger partial charge is 0.341 e. The number of nitrogens with zero attached hydrogens (tertiary/aromatic N) is 2. The molecule has 0 aliphatic heterocycles. The molecule has 0 N–H and O–H groups in total. The van der Waals surface area contributed by atoms with Gasteiger partial charge in [0.05, 0.1) is 18.2 Å². The number of furan rings is 1. The molecule has 132 valence electrons. The Balaban J connectivity index is 1.90. The fourth-order valence-electron chi connectivity index (χ4n) is 2.55. The zero-order valence-electron chi connectivity index (χ0n) is 14.6. The van der Waals surface area contributed by atoms with Crippen molar-refractivity contribution in [1.29, 1.82) is 0 Å². The molecule has 0 bridgehead atoms. The lowest BCUT2D eigenvalue weighted by Crippen LogP contribution is -2.19. The Hall–Kier alpha value is -2.06. The Kier molecular flexibility index (Phi) is 4.75. The number of rotatable bonds is 4. The highest BCUT2D eigenvalue weighted by Crippen LogP contribution is 2.29. The van der Waals surface area contributed by atoms with E-state index in [0.717, 1.165) is 15.3 Å². The summed E-state index contributed by atoms with van der Waals surface area (Å²) >= 11 is 2.93. The molecule has 8 heteroatoms. The lowest BCUT2D eigenvalue weighted by atomic mass is 10.2. The van der Waals surface area contributed by atoms with E-state index in [-0.39, 0.29) is 5.56 Å². The minimum atomic E-state index is -0.422. The Bertz CT molecular complexity index is 1030. The lowest BCUT2D eigenvalue weighted by molar-refractivity contribution is 0.0599. The quantitative estimate of drug-likeness (QED) is 0.392. The SMILES string of the molecule is COC(=O)c1cc(CSc2nc3sc(C)c(C)c3c(=O)n2C)oc1C. The van der Waals surface area contributed by atoms with E-state index in [4.69, 9.17) is 9.15 Å². The molecule has 0 unspecified atom stereocenters. The summed E-state index contributed by atoms with van der Waals surface area (Å²) in [6, 6.07) is 1.67. The monoisotopic (exact) mass is 378 g/mol. The van der Waals surface area contributed by atoms with Gasteiger partial charge in [-0.2, -0.15) is 0 Å².